The zero-order valence-electron chi connectivity index (χ0n) is 25.1. The number of rotatable bonds is 8. The van der Waals surface area contributed by atoms with Crippen molar-refractivity contribution >= 4 is 27.0 Å². The normalized spacial score (nSPS) is 12.7. The first kappa shape index (κ1) is 56.4. The van der Waals surface area contributed by atoms with Crippen LogP contribution in [0.15, 0.2) is 12.7 Å². The van der Waals surface area contributed by atoms with Gasteiger partial charge in [0.1, 0.15) is 0 Å². The first-order chi connectivity index (χ1) is 19.2. The Kier molecular flexibility index (Phi) is 25.9. The Hall–Kier alpha value is -1.92. The molecule has 0 aliphatic rings. The molecule has 0 fully saturated rings. The van der Waals surface area contributed by atoms with Crippen LogP contribution in [0.4, 0.5) is 50.4 Å². The second-order valence-electron chi connectivity index (χ2n) is 8.12. The zero-order chi connectivity index (χ0) is 36.2. The van der Waals surface area contributed by atoms with Gasteiger partial charge in [-0.15, -0.1) is 0 Å². The number of unbranched alkanes of at least 4 members (excludes halogenated alkanes) is 2. The van der Waals surface area contributed by atoms with E-state index in [0.29, 0.717) is 11.4 Å². The Morgan fingerprint density at radius 1 is 0.674 bits per heavy atom. The van der Waals surface area contributed by atoms with Gasteiger partial charge in [-0.2, -0.15) is 10.5 Å². The van der Waals surface area contributed by atoms with Gasteiger partial charge < -0.3 is 29.9 Å². The van der Waals surface area contributed by atoms with Crippen molar-refractivity contribution in [1.29, 1.82) is 21.3 Å². The molecule has 2 rings (SSSR count). The SMILES string of the molecule is CC#N.CC#N.CCCCn1cn[c-]c1C(C)=N.CCCCn1cn[c-]c1C(C)=N.F[P-](F)(F)(F)(F)F.F[P-](F)(F)(F)(F)F.[Pd+2].[Pd+2]. The molecule has 0 unspecified atom stereocenters. The molecular formula is C22H34F12N8P2Pd2. The van der Waals surface area contributed by atoms with E-state index in [1.165, 1.54) is 13.8 Å². The first-order valence-electron chi connectivity index (χ1n) is 11.9. The van der Waals surface area contributed by atoms with Gasteiger partial charge in [-0.1, -0.05) is 52.9 Å². The average Bonchev–Trinajstić information content (AvgIpc) is 3.43. The minimum absolute atomic E-state index is 0. The molecule has 0 spiro atoms. The molecule has 0 atom stereocenters. The van der Waals surface area contributed by atoms with E-state index in [9.17, 15) is 50.4 Å². The van der Waals surface area contributed by atoms with E-state index in [0.717, 1.165) is 50.2 Å². The molecule has 8 nitrogen and oxygen atoms in total. The van der Waals surface area contributed by atoms with Gasteiger partial charge in [0.15, 0.2) is 0 Å². The maximum atomic E-state index is 9.87. The summed E-state index contributed by atoms with van der Waals surface area (Å²) >= 11 is 0. The Morgan fingerprint density at radius 3 is 1.02 bits per heavy atom. The molecule has 0 aliphatic heterocycles. The summed E-state index contributed by atoms with van der Waals surface area (Å²) in [6.45, 7) is 12.6. The average molecular weight is 913 g/mol. The second kappa shape index (κ2) is 21.1. The predicted molar refractivity (Wildman–Crippen MR) is 147 cm³/mol. The minimum Gasteiger partial charge on any atom is 2.00 e. The van der Waals surface area contributed by atoms with E-state index >= 15 is 0 Å². The van der Waals surface area contributed by atoms with Crippen molar-refractivity contribution in [2.75, 3.05) is 0 Å². The molecule has 0 saturated carbocycles. The van der Waals surface area contributed by atoms with E-state index in [1.807, 2.05) is 9.13 Å². The number of aromatic nitrogens is 4. The molecule has 0 aromatic carbocycles. The van der Waals surface area contributed by atoms with Crippen LogP contribution >= 0.6 is 15.6 Å². The van der Waals surface area contributed by atoms with Crippen molar-refractivity contribution in [2.24, 2.45) is 0 Å². The van der Waals surface area contributed by atoms with Gasteiger partial charge in [0.2, 0.25) is 0 Å². The van der Waals surface area contributed by atoms with Gasteiger partial charge in [-0.25, -0.2) is 0 Å². The number of imidazole rings is 2. The zero-order valence-corrected chi connectivity index (χ0v) is 30.0. The summed E-state index contributed by atoms with van der Waals surface area (Å²) in [5, 5.41) is 29.5. The van der Waals surface area contributed by atoms with Crippen LogP contribution in [-0.4, -0.2) is 30.5 Å². The molecule has 46 heavy (non-hydrogen) atoms. The Balaban J connectivity index is -0.000000111. The first-order valence-corrected chi connectivity index (χ1v) is 16.0. The number of nitriles is 2. The fourth-order valence-electron chi connectivity index (χ4n) is 2.16. The molecule has 0 radical (unpaired) electrons. The maximum Gasteiger partial charge on any atom is 2.00 e. The monoisotopic (exact) mass is 912 g/mol. The third-order valence-electron chi connectivity index (χ3n) is 3.53. The largest absolute Gasteiger partial charge is 2.00 e. The molecule has 0 aliphatic carbocycles. The molecule has 2 heterocycles. The van der Waals surface area contributed by atoms with Gasteiger partial charge >= 0.3 is 107 Å². The van der Waals surface area contributed by atoms with Gasteiger partial charge in [-0.05, 0) is 48.3 Å². The number of hydrogen-bond acceptors (Lipinski definition) is 6. The van der Waals surface area contributed by atoms with Crippen LogP contribution in [-0.2, 0) is 53.9 Å². The summed E-state index contributed by atoms with van der Waals surface area (Å²) in [5.74, 6) is 0. The van der Waals surface area contributed by atoms with E-state index in [4.69, 9.17) is 21.3 Å². The molecule has 276 valence electrons. The van der Waals surface area contributed by atoms with E-state index in [2.05, 4.69) is 36.2 Å². The van der Waals surface area contributed by atoms with E-state index < -0.39 is 15.6 Å². The maximum absolute atomic E-state index is 10.7. The number of nitrogens with zero attached hydrogens (tertiary/aromatic N) is 6. The van der Waals surface area contributed by atoms with Crippen molar-refractivity contribution in [3.63, 3.8) is 0 Å². The van der Waals surface area contributed by atoms with Crippen LogP contribution in [0.1, 0.15) is 78.6 Å². The van der Waals surface area contributed by atoms with Gasteiger partial charge in [0.25, 0.3) is 0 Å². The molecule has 0 amide bonds. The summed E-state index contributed by atoms with van der Waals surface area (Å²) < 4.78 is 122. The van der Waals surface area contributed by atoms with Crippen LogP contribution in [0, 0.1) is 45.9 Å². The van der Waals surface area contributed by atoms with Crippen LogP contribution in [0.2, 0.25) is 0 Å². The fraction of sp³-hybridized carbons (Fsp3) is 0.545. The van der Waals surface area contributed by atoms with Crippen molar-refractivity contribution in [3.05, 3.63) is 36.4 Å². The quantitative estimate of drug-likeness (QED) is 0.0897. The second-order valence-corrected chi connectivity index (χ2v) is 12.0. The van der Waals surface area contributed by atoms with Crippen LogP contribution in [0.5, 0.6) is 0 Å². The predicted octanol–water partition coefficient (Wildman–Crippen LogP) is 11.6. The molecule has 24 heteroatoms. The summed E-state index contributed by atoms with van der Waals surface area (Å²) in [6.07, 6.45) is 13.7. The topological polar surface area (TPSA) is 131 Å². The summed E-state index contributed by atoms with van der Waals surface area (Å²) in [5.41, 5.74) is 2.68. The number of nitrogens with one attached hydrogen (secondary N) is 2. The Morgan fingerprint density at radius 2 is 0.870 bits per heavy atom. The summed E-state index contributed by atoms with van der Waals surface area (Å²) in [7, 11) is -21.3. The molecule has 0 bridgehead atoms. The van der Waals surface area contributed by atoms with Gasteiger partial charge in [0.05, 0.1) is 12.1 Å². The van der Waals surface area contributed by atoms with Crippen LogP contribution in [0.25, 0.3) is 0 Å². The van der Waals surface area contributed by atoms with Crippen molar-refractivity contribution in [3.8, 4) is 12.1 Å². The Bertz CT molecular complexity index is 1110. The van der Waals surface area contributed by atoms with E-state index in [1.54, 1.807) is 38.6 Å². The van der Waals surface area contributed by atoms with Crippen molar-refractivity contribution in [2.45, 2.75) is 80.3 Å². The van der Waals surface area contributed by atoms with Gasteiger partial charge in [0, 0.05) is 26.9 Å². The van der Waals surface area contributed by atoms with Crippen molar-refractivity contribution in [1.82, 2.24) is 19.1 Å². The smallest absolute Gasteiger partial charge is 2.00 e. The summed E-state index contributed by atoms with van der Waals surface area (Å²) in [4.78, 5) is 7.79. The number of hydrogen-bond donors (Lipinski definition) is 2. The molecular weight excluding hydrogens is 879 g/mol. The van der Waals surface area contributed by atoms with Gasteiger partial charge in [-0.3, -0.25) is 0 Å². The molecule has 2 N–H and O–H groups in total. The number of halogens is 12. The number of aryl methyl sites for hydroxylation is 2. The third-order valence-corrected chi connectivity index (χ3v) is 3.53. The van der Waals surface area contributed by atoms with Crippen LogP contribution in [0.3, 0.4) is 0 Å². The molecule has 0 saturated heterocycles. The van der Waals surface area contributed by atoms with E-state index in [-0.39, 0.29) is 40.8 Å². The standard InChI is InChI=1S/2C9H14N3.2C2H3N.2F6P.2Pd/c2*1-3-4-5-12-7-11-6-9(12)8(2)10;2*1-2-3;2*1-7(2,3,4,5)6;;/h2*7,10H,3-5H2,1-2H3;2*1H3;;;;/q2*-1;;;2*-1;2*+2. The minimum atomic E-state index is -10.7. The molecule has 2 aromatic rings. The fourth-order valence-corrected chi connectivity index (χ4v) is 2.16. The summed E-state index contributed by atoms with van der Waals surface area (Å²) in [6, 6.07) is 3.50. The third kappa shape index (κ3) is 61.1. The Labute approximate surface area is 286 Å². The van der Waals surface area contributed by atoms with Crippen molar-refractivity contribution < 1.29 is 91.2 Å². The van der Waals surface area contributed by atoms with Crippen LogP contribution < -0.4 is 0 Å². The molecule has 2 aromatic heterocycles.